The van der Waals surface area contributed by atoms with E-state index in [-0.39, 0.29) is 5.78 Å². The highest BCUT2D eigenvalue weighted by Gasteiger charge is 2.28. The topological polar surface area (TPSA) is 83.8 Å². The van der Waals surface area contributed by atoms with E-state index in [1.165, 1.54) is 6.07 Å². The standard InChI is InChI=1S/C13H14O5/c1-18-13(17)12(16)11(15)8-3-2-7-4-5-10(14)9(7)6-8/h2-3,6,11-12,15-16H,4-5H2,1H3. The van der Waals surface area contributed by atoms with Gasteiger partial charge in [0, 0.05) is 12.0 Å². The zero-order valence-corrected chi connectivity index (χ0v) is 9.92. The number of fused-ring (bicyclic) bond motifs is 1. The lowest BCUT2D eigenvalue weighted by Gasteiger charge is -2.16. The second kappa shape index (κ2) is 4.88. The molecule has 2 unspecified atom stereocenters. The lowest BCUT2D eigenvalue weighted by molar-refractivity contribution is -0.156. The molecule has 5 nitrogen and oxygen atoms in total. The minimum absolute atomic E-state index is 0.0200. The molecule has 0 aliphatic heterocycles. The first-order valence-electron chi connectivity index (χ1n) is 5.64. The maximum Gasteiger partial charge on any atom is 0.337 e. The number of carbonyl (C=O) groups is 2. The Kier molecular flexibility index (Phi) is 3.45. The zero-order valence-electron chi connectivity index (χ0n) is 9.92. The summed E-state index contributed by atoms with van der Waals surface area (Å²) in [4.78, 5) is 22.7. The van der Waals surface area contributed by atoms with Gasteiger partial charge in [-0.1, -0.05) is 12.1 Å². The Morgan fingerprint density at radius 2 is 2.06 bits per heavy atom. The van der Waals surface area contributed by atoms with Gasteiger partial charge in [-0.15, -0.1) is 0 Å². The molecule has 2 atom stereocenters. The molecular weight excluding hydrogens is 236 g/mol. The van der Waals surface area contributed by atoms with Crippen molar-refractivity contribution in [1.82, 2.24) is 0 Å². The maximum absolute atomic E-state index is 11.6. The third-order valence-corrected chi connectivity index (χ3v) is 3.14. The predicted octanol–water partition coefficient (Wildman–Crippen LogP) is 0.383. The number of benzene rings is 1. The zero-order chi connectivity index (χ0) is 13.3. The van der Waals surface area contributed by atoms with E-state index in [1.807, 2.05) is 0 Å². The third-order valence-electron chi connectivity index (χ3n) is 3.14. The summed E-state index contributed by atoms with van der Waals surface area (Å²) in [5.74, 6) is -0.888. The van der Waals surface area contributed by atoms with Crippen molar-refractivity contribution >= 4 is 11.8 Å². The summed E-state index contributed by atoms with van der Waals surface area (Å²) in [6.07, 6.45) is -1.88. The summed E-state index contributed by atoms with van der Waals surface area (Å²) in [6, 6.07) is 4.87. The summed E-state index contributed by atoms with van der Waals surface area (Å²) in [7, 11) is 1.13. The lowest BCUT2D eigenvalue weighted by atomic mass is 9.99. The molecule has 0 heterocycles. The molecule has 1 aromatic carbocycles. The number of aliphatic hydroxyl groups is 2. The molecule has 1 aromatic rings. The Bertz CT molecular complexity index is 494. The monoisotopic (exact) mass is 250 g/mol. The van der Waals surface area contributed by atoms with Crippen LogP contribution in [-0.4, -0.2) is 35.2 Å². The van der Waals surface area contributed by atoms with Crippen molar-refractivity contribution in [3.63, 3.8) is 0 Å². The average Bonchev–Trinajstić information content (AvgIpc) is 2.77. The van der Waals surface area contributed by atoms with Crippen molar-refractivity contribution in [2.45, 2.75) is 25.0 Å². The Morgan fingerprint density at radius 1 is 1.33 bits per heavy atom. The number of esters is 1. The fourth-order valence-electron chi connectivity index (χ4n) is 2.07. The van der Waals surface area contributed by atoms with Gasteiger partial charge in [0.1, 0.15) is 6.10 Å². The van der Waals surface area contributed by atoms with Crippen LogP contribution in [0.5, 0.6) is 0 Å². The molecule has 2 rings (SSSR count). The first kappa shape index (κ1) is 12.7. The molecule has 5 heteroatoms. The van der Waals surface area contributed by atoms with Crippen LogP contribution in [0.1, 0.15) is 34.0 Å². The molecule has 0 radical (unpaired) electrons. The van der Waals surface area contributed by atoms with E-state index in [9.17, 15) is 19.8 Å². The summed E-state index contributed by atoms with van der Waals surface area (Å²) in [6.45, 7) is 0. The smallest absolute Gasteiger partial charge is 0.337 e. The van der Waals surface area contributed by atoms with Crippen molar-refractivity contribution in [3.05, 3.63) is 34.9 Å². The number of hydrogen-bond donors (Lipinski definition) is 2. The van der Waals surface area contributed by atoms with Gasteiger partial charge in [0.2, 0.25) is 0 Å². The van der Waals surface area contributed by atoms with Crippen molar-refractivity contribution in [2.75, 3.05) is 7.11 Å². The van der Waals surface area contributed by atoms with Gasteiger partial charge in [-0.25, -0.2) is 4.79 Å². The van der Waals surface area contributed by atoms with Gasteiger partial charge < -0.3 is 14.9 Å². The number of aliphatic hydroxyl groups excluding tert-OH is 2. The van der Waals surface area contributed by atoms with E-state index >= 15 is 0 Å². The van der Waals surface area contributed by atoms with Gasteiger partial charge in [-0.2, -0.15) is 0 Å². The number of ether oxygens (including phenoxy) is 1. The van der Waals surface area contributed by atoms with Crippen molar-refractivity contribution < 1.29 is 24.5 Å². The highest BCUT2D eigenvalue weighted by atomic mass is 16.5. The van der Waals surface area contributed by atoms with E-state index in [1.54, 1.807) is 12.1 Å². The van der Waals surface area contributed by atoms with Crippen molar-refractivity contribution in [1.29, 1.82) is 0 Å². The molecule has 0 amide bonds. The summed E-state index contributed by atoms with van der Waals surface area (Å²) in [5, 5.41) is 19.4. The lowest BCUT2D eigenvalue weighted by Crippen LogP contribution is -2.29. The molecule has 0 spiro atoms. The second-order valence-corrected chi connectivity index (χ2v) is 4.25. The van der Waals surface area contributed by atoms with Crippen LogP contribution in [-0.2, 0) is 16.0 Å². The Hall–Kier alpha value is -1.72. The average molecular weight is 250 g/mol. The van der Waals surface area contributed by atoms with Crippen molar-refractivity contribution in [3.8, 4) is 0 Å². The molecule has 0 saturated carbocycles. The SMILES string of the molecule is COC(=O)C(O)C(O)c1ccc2c(c1)C(=O)CC2. The Morgan fingerprint density at radius 3 is 2.72 bits per heavy atom. The molecule has 0 bridgehead atoms. The van der Waals surface area contributed by atoms with Crippen molar-refractivity contribution in [2.24, 2.45) is 0 Å². The fraction of sp³-hybridized carbons (Fsp3) is 0.385. The minimum atomic E-state index is -1.65. The highest BCUT2D eigenvalue weighted by molar-refractivity contribution is 6.00. The molecule has 1 aliphatic rings. The predicted molar refractivity (Wildman–Crippen MR) is 62.1 cm³/mol. The van der Waals surface area contributed by atoms with E-state index in [2.05, 4.69) is 4.74 Å². The van der Waals surface area contributed by atoms with Gasteiger partial charge in [-0.3, -0.25) is 4.79 Å². The summed E-state index contributed by atoms with van der Waals surface area (Å²) < 4.78 is 4.35. The second-order valence-electron chi connectivity index (χ2n) is 4.25. The van der Waals surface area contributed by atoms with Crippen LogP contribution in [0.25, 0.3) is 0 Å². The van der Waals surface area contributed by atoms with Crippen LogP contribution in [0.4, 0.5) is 0 Å². The molecule has 1 aliphatic carbocycles. The van der Waals surface area contributed by atoms with E-state index in [0.717, 1.165) is 12.7 Å². The Labute approximate surface area is 104 Å². The quantitative estimate of drug-likeness (QED) is 0.758. The molecular formula is C13H14O5. The van der Waals surface area contributed by atoms with E-state index < -0.39 is 18.2 Å². The number of rotatable bonds is 3. The highest BCUT2D eigenvalue weighted by Crippen LogP contribution is 2.26. The number of Topliss-reactive ketones (excluding diaryl/α,β-unsaturated/α-hetero) is 1. The molecule has 2 N–H and O–H groups in total. The van der Waals surface area contributed by atoms with Crippen LogP contribution in [0.3, 0.4) is 0 Å². The van der Waals surface area contributed by atoms with Crippen LogP contribution in [0.2, 0.25) is 0 Å². The number of aryl methyl sites for hydroxylation is 1. The van der Waals surface area contributed by atoms with Crippen LogP contribution in [0, 0.1) is 0 Å². The normalized spacial score (nSPS) is 17.2. The first-order valence-corrected chi connectivity index (χ1v) is 5.64. The molecule has 0 aromatic heterocycles. The number of carbonyl (C=O) groups excluding carboxylic acids is 2. The van der Waals surface area contributed by atoms with Gasteiger partial charge >= 0.3 is 5.97 Å². The summed E-state index contributed by atoms with van der Waals surface area (Å²) in [5.41, 5.74) is 1.83. The number of hydrogen-bond acceptors (Lipinski definition) is 5. The largest absolute Gasteiger partial charge is 0.467 e. The first-order chi connectivity index (χ1) is 8.54. The van der Waals surface area contributed by atoms with E-state index in [4.69, 9.17) is 0 Å². The molecule has 18 heavy (non-hydrogen) atoms. The maximum atomic E-state index is 11.6. The van der Waals surface area contributed by atoms with E-state index in [0.29, 0.717) is 24.0 Å². The fourth-order valence-corrected chi connectivity index (χ4v) is 2.07. The van der Waals surface area contributed by atoms with Crippen LogP contribution < -0.4 is 0 Å². The van der Waals surface area contributed by atoms with Gasteiger partial charge in [0.25, 0.3) is 0 Å². The summed E-state index contributed by atoms with van der Waals surface area (Å²) >= 11 is 0. The number of methoxy groups -OCH3 is 1. The Balaban J connectivity index is 2.27. The van der Waals surface area contributed by atoms with Gasteiger partial charge in [-0.05, 0) is 23.6 Å². The molecule has 96 valence electrons. The van der Waals surface area contributed by atoms with Crippen LogP contribution in [0.15, 0.2) is 18.2 Å². The minimum Gasteiger partial charge on any atom is -0.467 e. The third kappa shape index (κ3) is 2.14. The van der Waals surface area contributed by atoms with Gasteiger partial charge in [0.05, 0.1) is 7.11 Å². The number of ketones is 1. The molecule has 0 fully saturated rings. The van der Waals surface area contributed by atoms with Gasteiger partial charge in [0.15, 0.2) is 11.9 Å². The molecule has 0 saturated heterocycles. The van der Waals surface area contributed by atoms with Crippen LogP contribution >= 0.6 is 0 Å².